The average molecular weight is 192 g/mol. The van der Waals surface area contributed by atoms with Gasteiger partial charge < -0.3 is 5.11 Å². The van der Waals surface area contributed by atoms with Crippen LogP contribution in [0.3, 0.4) is 0 Å². The zero-order valence-corrected chi connectivity index (χ0v) is 8.40. The van der Waals surface area contributed by atoms with Crippen LogP contribution in [-0.4, -0.2) is 21.0 Å². The normalized spacial score (nSPS) is 12.2. The molecule has 0 aliphatic carbocycles. The third-order valence-electron chi connectivity index (χ3n) is 2.12. The molecule has 4 heteroatoms. The monoisotopic (exact) mass is 192 g/mol. The molecule has 1 aromatic rings. The van der Waals surface area contributed by atoms with Crippen LogP contribution in [0, 0.1) is 6.92 Å². The number of carbonyl (C=O) groups is 1. The van der Waals surface area contributed by atoms with Crippen LogP contribution in [0.1, 0.15) is 25.2 Å². The predicted molar refractivity (Wildman–Crippen MR) is 52.7 cm³/mol. The number of aliphatic carboxylic acids is 1. The van der Waals surface area contributed by atoms with Crippen molar-refractivity contribution >= 4 is 11.5 Å². The lowest BCUT2D eigenvalue weighted by molar-refractivity contribution is -0.132. The second-order valence-corrected chi connectivity index (χ2v) is 3.05. The lowest BCUT2D eigenvalue weighted by Gasteiger charge is -2.05. The molecule has 14 heavy (non-hydrogen) atoms. The van der Waals surface area contributed by atoms with Gasteiger partial charge in [-0.1, -0.05) is 0 Å². The first kappa shape index (κ1) is 10.4. The van der Waals surface area contributed by atoms with Gasteiger partial charge in [-0.25, -0.2) is 4.79 Å². The lowest BCUT2D eigenvalue weighted by atomic mass is 10.1. The van der Waals surface area contributed by atoms with Crippen LogP contribution in [0.15, 0.2) is 18.0 Å². The van der Waals surface area contributed by atoms with E-state index in [0.717, 1.165) is 5.69 Å². The second-order valence-electron chi connectivity index (χ2n) is 3.05. The molecule has 1 heterocycles. The number of carboxylic acid groups (broad SMARTS) is 1. The molecule has 1 N–H and O–H groups in total. The van der Waals surface area contributed by atoms with Crippen molar-refractivity contribution in [2.24, 2.45) is 0 Å². The van der Waals surface area contributed by atoms with Gasteiger partial charge in [0, 0.05) is 18.0 Å². The van der Waals surface area contributed by atoms with Crippen molar-refractivity contribution < 1.29 is 9.90 Å². The van der Waals surface area contributed by atoms with Crippen molar-refractivity contribution in [1.29, 1.82) is 0 Å². The van der Waals surface area contributed by atoms with Gasteiger partial charge in [-0.3, -0.25) is 9.97 Å². The molecule has 0 aliphatic heterocycles. The molecule has 0 atom stereocenters. The van der Waals surface area contributed by atoms with Gasteiger partial charge in [0.2, 0.25) is 0 Å². The SMILES string of the molecule is CC(C(=O)O)=C(C)c1nccnc1C. The summed E-state index contributed by atoms with van der Waals surface area (Å²) in [6.07, 6.45) is 3.14. The van der Waals surface area contributed by atoms with Crippen LogP contribution in [0.2, 0.25) is 0 Å². The van der Waals surface area contributed by atoms with Crippen molar-refractivity contribution in [3.63, 3.8) is 0 Å². The van der Waals surface area contributed by atoms with Gasteiger partial charge >= 0.3 is 5.97 Å². The van der Waals surface area contributed by atoms with E-state index in [4.69, 9.17) is 5.11 Å². The van der Waals surface area contributed by atoms with Crippen molar-refractivity contribution in [2.45, 2.75) is 20.8 Å². The maximum atomic E-state index is 10.7. The Kier molecular flexibility index (Phi) is 2.96. The summed E-state index contributed by atoms with van der Waals surface area (Å²) in [6.45, 7) is 5.10. The predicted octanol–water partition coefficient (Wildman–Crippen LogP) is 1.66. The second kappa shape index (κ2) is 4.00. The molecule has 0 spiro atoms. The Labute approximate surface area is 82.3 Å². The van der Waals surface area contributed by atoms with Gasteiger partial charge in [-0.15, -0.1) is 0 Å². The highest BCUT2D eigenvalue weighted by atomic mass is 16.4. The summed E-state index contributed by atoms with van der Waals surface area (Å²) in [5.41, 5.74) is 2.34. The number of aromatic nitrogens is 2. The highest BCUT2D eigenvalue weighted by Gasteiger charge is 2.10. The largest absolute Gasteiger partial charge is 0.478 e. The minimum absolute atomic E-state index is 0.300. The zero-order chi connectivity index (χ0) is 10.7. The fourth-order valence-corrected chi connectivity index (χ4v) is 1.11. The molecule has 0 aliphatic rings. The fraction of sp³-hybridized carbons (Fsp3) is 0.300. The number of rotatable bonds is 2. The first-order valence-electron chi connectivity index (χ1n) is 4.22. The quantitative estimate of drug-likeness (QED) is 0.724. The first-order valence-corrected chi connectivity index (χ1v) is 4.22. The molecule has 0 aromatic carbocycles. The molecular formula is C10H12N2O2. The lowest BCUT2D eigenvalue weighted by Crippen LogP contribution is -2.02. The maximum Gasteiger partial charge on any atom is 0.331 e. The summed E-state index contributed by atoms with van der Waals surface area (Å²) < 4.78 is 0. The molecular weight excluding hydrogens is 180 g/mol. The molecule has 0 unspecified atom stereocenters. The Morgan fingerprint density at radius 1 is 1.29 bits per heavy atom. The Hall–Kier alpha value is -1.71. The van der Waals surface area contributed by atoms with Crippen LogP contribution < -0.4 is 0 Å². The molecule has 1 aromatic heterocycles. The van der Waals surface area contributed by atoms with E-state index in [0.29, 0.717) is 16.8 Å². The number of aryl methyl sites for hydroxylation is 1. The first-order chi connectivity index (χ1) is 6.54. The van der Waals surface area contributed by atoms with Gasteiger partial charge in [-0.05, 0) is 26.3 Å². The van der Waals surface area contributed by atoms with Gasteiger partial charge in [0.15, 0.2) is 0 Å². The van der Waals surface area contributed by atoms with E-state index in [2.05, 4.69) is 9.97 Å². The topological polar surface area (TPSA) is 63.1 Å². The number of carboxylic acids is 1. The molecule has 4 nitrogen and oxygen atoms in total. The van der Waals surface area contributed by atoms with Crippen LogP contribution in [0.25, 0.3) is 5.57 Å². The maximum absolute atomic E-state index is 10.7. The Morgan fingerprint density at radius 3 is 2.36 bits per heavy atom. The molecule has 0 radical (unpaired) electrons. The summed E-state index contributed by atoms with van der Waals surface area (Å²) in [7, 11) is 0. The van der Waals surface area contributed by atoms with E-state index >= 15 is 0 Å². The highest BCUT2D eigenvalue weighted by Crippen LogP contribution is 2.17. The van der Waals surface area contributed by atoms with Gasteiger partial charge in [0.25, 0.3) is 0 Å². The number of hydrogen-bond donors (Lipinski definition) is 1. The van der Waals surface area contributed by atoms with E-state index in [9.17, 15) is 4.79 Å². The van der Waals surface area contributed by atoms with E-state index in [1.54, 1.807) is 33.2 Å². The third kappa shape index (κ3) is 1.96. The van der Waals surface area contributed by atoms with Crippen molar-refractivity contribution in [1.82, 2.24) is 9.97 Å². The van der Waals surface area contributed by atoms with Crippen LogP contribution in [0.4, 0.5) is 0 Å². The molecule has 1 rings (SSSR count). The van der Waals surface area contributed by atoms with Gasteiger partial charge in [0.05, 0.1) is 11.4 Å². The van der Waals surface area contributed by atoms with Crippen LogP contribution in [-0.2, 0) is 4.79 Å². The average Bonchev–Trinajstić information content (AvgIpc) is 2.16. The summed E-state index contributed by atoms with van der Waals surface area (Å²) in [5, 5.41) is 8.80. The molecule has 0 amide bonds. The fourth-order valence-electron chi connectivity index (χ4n) is 1.11. The van der Waals surface area contributed by atoms with Crippen LogP contribution in [0.5, 0.6) is 0 Å². The molecule has 0 fully saturated rings. The smallest absolute Gasteiger partial charge is 0.331 e. The Bertz CT molecular complexity index is 397. The molecule has 0 saturated carbocycles. The third-order valence-corrected chi connectivity index (χ3v) is 2.12. The summed E-state index contributed by atoms with van der Waals surface area (Å²) in [6, 6.07) is 0. The molecule has 74 valence electrons. The van der Waals surface area contributed by atoms with Crippen LogP contribution >= 0.6 is 0 Å². The summed E-state index contributed by atoms with van der Waals surface area (Å²) in [4.78, 5) is 18.9. The van der Waals surface area contributed by atoms with Crippen molar-refractivity contribution in [3.05, 3.63) is 29.4 Å². The molecule has 0 saturated heterocycles. The van der Waals surface area contributed by atoms with Crippen molar-refractivity contribution in [2.75, 3.05) is 0 Å². The van der Waals surface area contributed by atoms with E-state index in [1.807, 2.05) is 0 Å². The minimum Gasteiger partial charge on any atom is -0.478 e. The zero-order valence-electron chi connectivity index (χ0n) is 8.40. The molecule has 0 bridgehead atoms. The highest BCUT2D eigenvalue weighted by molar-refractivity contribution is 5.95. The Morgan fingerprint density at radius 2 is 1.86 bits per heavy atom. The number of nitrogens with zero attached hydrogens (tertiary/aromatic N) is 2. The van der Waals surface area contributed by atoms with Gasteiger partial charge in [0.1, 0.15) is 0 Å². The number of allylic oxidation sites excluding steroid dienone is 1. The van der Waals surface area contributed by atoms with Crippen molar-refractivity contribution in [3.8, 4) is 0 Å². The minimum atomic E-state index is -0.924. The van der Waals surface area contributed by atoms with E-state index in [1.165, 1.54) is 0 Å². The van der Waals surface area contributed by atoms with Gasteiger partial charge in [-0.2, -0.15) is 0 Å². The number of hydrogen-bond acceptors (Lipinski definition) is 3. The van der Waals surface area contributed by atoms with E-state index < -0.39 is 5.97 Å². The summed E-state index contributed by atoms with van der Waals surface area (Å²) in [5.74, 6) is -0.924. The van der Waals surface area contributed by atoms with E-state index in [-0.39, 0.29) is 0 Å². The standard InChI is InChI=1S/C10H12N2O2/c1-6(7(2)10(13)14)9-8(3)11-4-5-12-9/h4-5H,1-3H3,(H,13,14). The Balaban J connectivity index is 3.25. The summed E-state index contributed by atoms with van der Waals surface area (Å²) >= 11 is 0.